The molecule has 1 saturated carbocycles. The Labute approximate surface area is 107 Å². The number of anilines is 1. The number of hydrogen-bond acceptors (Lipinski definition) is 7. The number of hydrogen-bond donors (Lipinski definition) is 1. The third-order valence-corrected chi connectivity index (χ3v) is 3.23. The monoisotopic (exact) mass is 272 g/mol. The summed E-state index contributed by atoms with van der Waals surface area (Å²) >= 11 is 0. The molecular formula is C9H14N5O5+. The predicted octanol–water partition coefficient (Wildman–Crippen LogP) is 1.12. The van der Waals surface area contributed by atoms with Crippen LogP contribution < -0.4 is 10.2 Å². The van der Waals surface area contributed by atoms with Gasteiger partial charge in [-0.05, 0) is 23.2 Å². The van der Waals surface area contributed by atoms with Gasteiger partial charge < -0.3 is 4.74 Å². The minimum atomic E-state index is -1.68. The molecule has 0 unspecified atom stereocenters. The maximum absolute atomic E-state index is 12.1. The molecule has 19 heavy (non-hydrogen) atoms. The number of nitrogens with zero attached hydrogens (tertiary/aromatic N) is 4. The van der Waals surface area contributed by atoms with Gasteiger partial charge in [0, 0.05) is 0 Å². The number of rotatable bonds is 5. The van der Waals surface area contributed by atoms with E-state index < -0.39 is 10.6 Å². The smallest absolute Gasteiger partial charge is 0.476 e. The molecule has 1 fully saturated rings. The second-order valence-electron chi connectivity index (χ2n) is 4.33. The third-order valence-electron chi connectivity index (χ3n) is 3.23. The van der Waals surface area contributed by atoms with Gasteiger partial charge in [0.2, 0.25) is 0 Å². The van der Waals surface area contributed by atoms with Gasteiger partial charge in [-0.2, -0.15) is 0 Å². The lowest BCUT2D eigenvalue weighted by molar-refractivity contribution is -0.814. The maximum Gasteiger partial charge on any atom is 0.478 e. The zero-order valence-corrected chi connectivity index (χ0v) is 10.4. The Morgan fingerprint density at radius 3 is 2.58 bits per heavy atom. The van der Waals surface area contributed by atoms with Crippen molar-refractivity contribution in [2.45, 2.75) is 37.8 Å². The summed E-state index contributed by atoms with van der Waals surface area (Å²) < 4.78 is 9.20. The van der Waals surface area contributed by atoms with Crippen LogP contribution in [0.1, 0.15) is 32.1 Å². The highest BCUT2D eigenvalue weighted by Crippen LogP contribution is 2.32. The molecule has 1 aliphatic carbocycles. The van der Waals surface area contributed by atoms with Crippen LogP contribution in [-0.2, 0) is 0 Å². The van der Waals surface area contributed by atoms with Gasteiger partial charge in [0.05, 0.1) is 24.9 Å². The van der Waals surface area contributed by atoms with E-state index in [2.05, 4.69) is 20.4 Å². The SMILES string of the molecule is COc1nonc1N[N+](=O)C1([N+](=O)[O-])CCCCC1. The number of ether oxygens (including phenoxy) is 1. The minimum absolute atomic E-state index is 0.0323. The summed E-state index contributed by atoms with van der Waals surface area (Å²) in [5.41, 5.74) is 0.599. The van der Waals surface area contributed by atoms with Crippen LogP contribution in [0.5, 0.6) is 5.88 Å². The molecule has 10 heteroatoms. The first kappa shape index (κ1) is 13.2. The molecule has 0 bridgehead atoms. The number of aromatic nitrogens is 2. The van der Waals surface area contributed by atoms with Crippen LogP contribution in [0.15, 0.2) is 4.63 Å². The van der Waals surface area contributed by atoms with E-state index in [-0.39, 0.29) is 29.4 Å². The zero-order chi connectivity index (χ0) is 13.9. The summed E-state index contributed by atoms with van der Waals surface area (Å²) in [6.45, 7) is 0. The number of nitro groups is 1. The third kappa shape index (κ3) is 2.33. The molecule has 1 aliphatic rings. The van der Waals surface area contributed by atoms with Gasteiger partial charge in [-0.15, -0.1) is 0 Å². The van der Waals surface area contributed by atoms with E-state index in [9.17, 15) is 15.0 Å². The van der Waals surface area contributed by atoms with Crippen LogP contribution in [0.4, 0.5) is 5.82 Å². The number of nitroso groups, excluding NO2 is 1. The molecule has 2 rings (SSSR count). The van der Waals surface area contributed by atoms with Crippen molar-refractivity contribution in [3.63, 3.8) is 0 Å². The van der Waals surface area contributed by atoms with E-state index >= 15 is 0 Å². The summed E-state index contributed by atoms with van der Waals surface area (Å²) in [6, 6.07) is 0. The summed E-state index contributed by atoms with van der Waals surface area (Å²) in [7, 11) is 1.32. The highest BCUT2D eigenvalue weighted by molar-refractivity contribution is 5.40. The second-order valence-corrected chi connectivity index (χ2v) is 4.33. The first-order chi connectivity index (χ1) is 9.10. The largest absolute Gasteiger partial charge is 0.478 e. The van der Waals surface area contributed by atoms with Crippen LogP contribution in [0.25, 0.3) is 0 Å². The fraction of sp³-hybridized carbons (Fsp3) is 0.778. The Hall–Kier alpha value is -2.26. The van der Waals surface area contributed by atoms with E-state index in [1.807, 2.05) is 0 Å². The lowest BCUT2D eigenvalue weighted by Gasteiger charge is -2.20. The van der Waals surface area contributed by atoms with E-state index in [0.29, 0.717) is 12.8 Å². The Morgan fingerprint density at radius 1 is 1.32 bits per heavy atom. The van der Waals surface area contributed by atoms with Crippen LogP contribution in [0.2, 0.25) is 0 Å². The molecule has 1 aromatic rings. The molecule has 0 aromatic carbocycles. The quantitative estimate of drug-likeness (QED) is 0.366. The lowest BCUT2D eigenvalue weighted by Crippen LogP contribution is -2.51. The van der Waals surface area contributed by atoms with Crippen LogP contribution >= 0.6 is 0 Å². The van der Waals surface area contributed by atoms with E-state index in [1.54, 1.807) is 0 Å². The Morgan fingerprint density at radius 2 is 2.00 bits per heavy atom. The van der Waals surface area contributed by atoms with E-state index in [0.717, 1.165) is 6.42 Å². The summed E-state index contributed by atoms with van der Waals surface area (Å²) in [5, 5.41) is 18.1. The van der Waals surface area contributed by atoms with Crippen LogP contribution in [-0.4, -0.2) is 32.9 Å². The summed E-state index contributed by atoms with van der Waals surface area (Å²) in [5.74, 6) is -0.112. The van der Waals surface area contributed by atoms with Crippen molar-refractivity contribution >= 4 is 5.82 Å². The van der Waals surface area contributed by atoms with Gasteiger partial charge in [0.15, 0.2) is 4.87 Å². The van der Waals surface area contributed by atoms with Gasteiger partial charge in [-0.25, -0.2) is 4.63 Å². The van der Waals surface area contributed by atoms with Crippen molar-refractivity contribution in [1.82, 2.24) is 10.3 Å². The summed E-state index contributed by atoms with van der Waals surface area (Å²) in [6.07, 6.45) is 2.53. The molecule has 0 aliphatic heterocycles. The standard InChI is InChI=1S/C9H14N5O5/c1-18-8-7(11-19-12-8)10-13(15)9(14(16)17)5-3-2-4-6-9/h2-6H2,1H3,(H,10,11,15)/q+1. The van der Waals surface area contributed by atoms with Gasteiger partial charge in [0.1, 0.15) is 4.92 Å². The first-order valence-corrected chi connectivity index (χ1v) is 5.85. The minimum Gasteiger partial charge on any atom is -0.476 e. The number of methoxy groups -OCH3 is 1. The molecule has 10 nitrogen and oxygen atoms in total. The second kappa shape index (κ2) is 5.16. The van der Waals surface area contributed by atoms with Crippen molar-refractivity contribution in [2.24, 2.45) is 0 Å². The molecule has 0 atom stereocenters. The molecule has 0 amide bonds. The maximum atomic E-state index is 12.1. The topological polar surface area (TPSA) is 123 Å². The van der Waals surface area contributed by atoms with Gasteiger partial charge in [0.25, 0.3) is 5.82 Å². The summed E-state index contributed by atoms with van der Waals surface area (Å²) in [4.78, 5) is 23.0. The van der Waals surface area contributed by atoms with Gasteiger partial charge in [-0.1, -0.05) is 11.8 Å². The Balaban J connectivity index is 2.19. The molecule has 0 radical (unpaired) electrons. The van der Waals surface area contributed by atoms with Crippen molar-refractivity contribution in [2.75, 3.05) is 12.5 Å². The van der Waals surface area contributed by atoms with Crippen LogP contribution in [0.3, 0.4) is 0 Å². The van der Waals surface area contributed by atoms with E-state index in [4.69, 9.17) is 4.74 Å². The first-order valence-electron chi connectivity index (χ1n) is 5.85. The lowest BCUT2D eigenvalue weighted by atomic mass is 9.90. The fourth-order valence-corrected chi connectivity index (χ4v) is 2.16. The molecule has 0 saturated heterocycles. The molecule has 104 valence electrons. The van der Waals surface area contributed by atoms with Gasteiger partial charge >= 0.3 is 11.5 Å². The zero-order valence-electron chi connectivity index (χ0n) is 10.4. The van der Waals surface area contributed by atoms with Crippen molar-refractivity contribution in [1.29, 1.82) is 0 Å². The highest BCUT2D eigenvalue weighted by Gasteiger charge is 2.60. The van der Waals surface area contributed by atoms with E-state index in [1.165, 1.54) is 7.11 Å². The number of hydrazine groups is 1. The van der Waals surface area contributed by atoms with Crippen molar-refractivity contribution in [3.05, 3.63) is 15.0 Å². The fourth-order valence-electron chi connectivity index (χ4n) is 2.16. The van der Waals surface area contributed by atoms with Crippen LogP contribution in [0, 0.1) is 15.0 Å². The van der Waals surface area contributed by atoms with Crippen molar-refractivity contribution in [3.8, 4) is 5.88 Å². The molecule has 0 spiro atoms. The Kier molecular flexibility index (Phi) is 3.58. The Bertz CT molecular complexity index is 481. The average Bonchev–Trinajstić information content (AvgIpc) is 2.86. The highest BCUT2D eigenvalue weighted by atomic mass is 16.6. The number of nitrogens with one attached hydrogen (secondary N) is 1. The van der Waals surface area contributed by atoms with Gasteiger partial charge in [-0.3, -0.25) is 10.1 Å². The average molecular weight is 272 g/mol. The molecule has 1 N–H and O–H groups in total. The molecule has 1 aromatic heterocycles. The molecule has 1 heterocycles. The van der Waals surface area contributed by atoms with Crippen molar-refractivity contribution < 1.29 is 19.2 Å². The molecular weight excluding hydrogens is 258 g/mol. The predicted molar refractivity (Wildman–Crippen MR) is 60.9 cm³/mol. The normalized spacial score (nSPS) is 17.7.